The Bertz CT molecular complexity index is 625. The van der Waals surface area contributed by atoms with Crippen LogP contribution in [-0.4, -0.2) is 26.8 Å². The van der Waals surface area contributed by atoms with Gasteiger partial charge in [0.15, 0.2) is 0 Å². The van der Waals surface area contributed by atoms with Crippen LogP contribution in [0.3, 0.4) is 0 Å². The van der Waals surface area contributed by atoms with E-state index in [1.54, 1.807) is 13.8 Å². The number of benzene rings is 1. The number of unbranched alkanes of at least 4 members (excludes halogenated alkanes) is 2. The van der Waals surface area contributed by atoms with E-state index in [-0.39, 0.29) is 5.92 Å². The standard InChI is InChI=1S/C18H28N2O2S/c1-15(2)23(21,22)20-14-16(3)18-11-9-17(10-12-18)8-6-4-5-7-13-19/h9-12,15-16,20H,4-5,7,13-14,19H2,1-3H3/t16-/m0/s1. The molecule has 0 saturated heterocycles. The summed E-state index contributed by atoms with van der Waals surface area (Å²) in [6, 6.07) is 7.99. The third kappa shape index (κ3) is 7.17. The van der Waals surface area contributed by atoms with Crippen LogP contribution in [0.1, 0.15) is 57.1 Å². The molecule has 0 aliphatic carbocycles. The smallest absolute Gasteiger partial charge is 0.213 e. The molecule has 3 N–H and O–H groups in total. The number of nitrogens with one attached hydrogen (secondary N) is 1. The normalized spacial score (nSPS) is 12.7. The Kier molecular flexibility index (Phi) is 8.32. The first-order valence-electron chi connectivity index (χ1n) is 8.14. The van der Waals surface area contributed by atoms with E-state index in [0.29, 0.717) is 6.54 Å². The van der Waals surface area contributed by atoms with Crippen molar-refractivity contribution in [2.24, 2.45) is 5.73 Å². The zero-order chi connectivity index (χ0) is 17.3. The van der Waals surface area contributed by atoms with Crippen LogP contribution >= 0.6 is 0 Å². The van der Waals surface area contributed by atoms with Crippen LogP contribution in [0.15, 0.2) is 24.3 Å². The lowest BCUT2D eigenvalue weighted by atomic mass is 10.0. The van der Waals surface area contributed by atoms with E-state index < -0.39 is 15.3 Å². The zero-order valence-electron chi connectivity index (χ0n) is 14.3. The van der Waals surface area contributed by atoms with Gasteiger partial charge in [0, 0.05) is 18.5 Å². The van der Waals surface area contributed by atoms with Gasteiger partial charge < -0.3 is 5.73 Å². The van der Waals surface area contributed by atoms with Crippen molar-refractivity contribution >= 4 is 10.0 Å². The van der Waals surface area contributed by atoms with Gasteiger partial charge in [-0.2, -0.15) is 0 Å². The van der Waals surface area contributed by atoms with Gasteiger partial charge in [-0.1, -0.05) is 30.9 Å². The largest absolute Gasteiger partial charge is 0.330 e. The number of nitrogens with two attached hydrogens (primary N) is 1. The van der Waals surface area contributed by atoms with Crippen LogP contribution in [-0.2, 0) is 10.0 Å². The minimum atomic E-state index is -3.21. The molecule has 0 bridgehead atoms. The molecule has 1 rings (SSSR count). The third-order valence-electron chi connectivity index (χ3n) is 3.68. The highest BCUT2D eigenvalue weighted by molar-refractivity contribution is 7.90. The van der Waals surface area contributed by atoms with Crippen molar-refractivity contribution in [2.75, 3.05) is 13.1 Å². The Labute approximate surface area is 140 Å². The van der Waals surface area contributed by atoms with E-state index in [9.17, 15) is 8.42 Å². The lowest BCUT2D eigenvalue weighted by Gasteiger charge is -2.15. The van der Waals surface area contributed by atoms with E-state index in [0.717, 1.165) is 36.9 Å². The minimum Gasteiger partial charge on any atom is -0.330 e. The average Bonchev–Trinajstić information content (AvgIpc) is 2.53. The van der Waals surface area contributed by atoms with Gasteiger partial charge in [0.05, 0.1) is 5.25 Å². The molecule has 0 radical (unpaired) electrons. The summed E-state index contributed by atoms with van der Waals surface area (Å²) in [5.41, 5.74) is 7.53. The highest BCUT2D eigenvalue weighted by Crippen LogP contribution is 2.15. The van der Waals surface area contributed by atoms with Gasteiger partial charge in [-0.15, -0.1) is 0 Å². The lowest BCUT2D eigenvalue weighted by Crippen LogP contribution is -2.33. The van der Waals surface area contributed by atoms with E-state index in [4.69, 9.17) is 5.73 Å². The minimum absolute atomic E-state index is 0.120. The predicted octanol–water partition coefficient (Wildman–Crippen LogP) is 2.60. The van der Waals surface area contributed by atoms with Crippen LogP contribution in [0.5, 0.6) is 0 Å². The van der Waals surface area contributed by atoms with Gasteiger partial charge in [0.25, 0.3) is 0 Å². The van der Waals surface area contributed by atoms with Crippen molar-refractivity contribution in [2.45, 2.75) is 51.2 Å². The molecule has 1 aromatic carbocycles. The van der Waals surface area contributed by atoms with Gasteiger partial charge >= 0.3 is 0 Å². The summed E-state index contributed by atoms with van der Waals surface area (Å²) in [6.45, 7) is 6.48. The quantitative estimate of drug-likeness (QED) is 0.566. The van der Waals surface area contributed by atoms with Crippen LogP contribution in [0.2, 0.25) is 0 Å². The first-order chi connectivity index (χ1) is 10.9. The second kappa shape index (κ2) is 9.71. The maximum Gasteiger partial charge on any atom is 0.213 e. The fraction of sp³-hybridized carbons (Fsp3) is 0.556. The highest BCUT2D eigenvalue weighted by Gasteiger charge is 2.16. The molecule has 0 unspecified atom stereocenters. The monoisotopic (exact) mass is 336 g/mol. The predicted molar refractivity (Wildman–Crippen MR) is 96.7 cm³/mol. The van der Waals surface area contributed by atoms with Crippen molar-refractivity contribution in [1.82, 2.24) is 4.72 Å². The lowest BCUT2D eigenvalue weighted by molar-refractivity contribution is 0.566. The maximum absolute atomic E-state index is 11.8. The van der Waals surface area contributed by atoms with E-state index in [1.165, 1.54) is 0 Å². The van der Waals surface area contributed by atoms with Gasteiger partial charge in [0.2, 0.25) is 10.0 Å². The molecular formula is C18H28N2O2S. The molecule has 1 aromatic rings. The maximum atomic E-state index is 11.8. The summed E-state index contributed by atoms with van der Waals surface area (Å²) in [4.78, 5) is 0. The summed E-state index contributed by atoms with van der Waals surface area (Å²) in [5, 5.41) is -0.411. The topological polar surface area (TPSA) is 72.2 Å². The van der Waals surface area contributed by atoms with E-state index in [1.807, 2.05) is 31.2 Å². The SMILES string of the molecule is CC(C)S(=O)(=O)NC[C@H](C)c1ccc(C#CCCCCN)cc1. The molecule has 0 fully saturated rings. The molecule has 0 saturated carbocycles. The molecule has 0 aliphatic heterocycles. The van der Waals surface area contributed by atoms with Crippen molar-refractivity contribution in [3.8, 4) is 11.8 Å². The van der Waals surface area contributed by atoms with Gasteiger partial charge in [0.1, 0.15) is 0 Å². The third-order valence-corrected chi connectivity index (χ3v) is 5.49. The fourth-order valence-electron chi connectivity index (χ4n) is 1.94. The molecule has 0 spiro atoms. The summed E-state index contributed by atoms with van der Waals surface area (Å²) in [7, 11) is -3.21. The molecule has 23 heavy (non-hydrogen) atoms. The summed E-state index contributed by atoms with van der Waals surface area (Å²) >= 11 is 0. The number of hydrogen-bond acceptors (Lipinski definition) is 3. The van der Waals surface area contributed by atoms with Gasteiger partial charge in [-0.3, -0.25) is 0 Å². The summed E-state index contributed by atoms with van der Waals surface area (Å²) in [6.07, 6.45) is 2.92. The summed E-state index contributed by atoms with van der Waals surface area (Å²) < 4.78 is 26.2. The molecule has 0 heterocycles. The van der Waals surface area contributed by atoms with Gasteiger partial charge in [-0.05, 0) is 56.8 Å². The van der Waals surface area contributed by atoms with Crippen LogP contribution in [0.25, 0.3) is 0 Å². The Morgan fingerprint density at radius 1 is 1.13 bits per heavy atom. The van der Waals surface area contributed by atoms with E-state index >= 15 is 0 Å². The van der Waals surface area contributed by atoms with Crippen molar-refractivity contribution < 1.29 is 8.42 Å². The van der Waals surface area contributed by atoms with Crippen LogP contribution in [0, 0.1) is 11.8 Å². The summed E-state index contributed by atoms with van der Waals surface area (Å²) in [5.74, 6) is 6.40. The number of rotatable bonds is 8. The average molecular weight is 337 g/mol. The zero-order valence-corrected chi connectivity index (χ0v) is 15.1. The second-order valence-electron chi connectivity index (χ2n) is 6.01. The van der Waals surface area contributed by atoms with Crippen LogP contribution in [0.4, 0.5) is 0 Å². The molecule has 5 heteroatoms. The molecule has 0 aromatic heterocycles. The van der Waals surface area contributed by atoms with Crippen LogP contribution < -0.4 is 10.5 Å². The molecular weight excluding hydrogens is 308 g/mol. The molecule has 128 valence electrons. The fourth-order valence-corrected chi connectivity index (χ4v) is 2.76. The van der Waals surface area contributed by atoms with Gasteiger partial charge in [-0.25, -0.2) is 13.1 Å². The Hall–Kier alpha value is -1.35. The molecule has 0 amide bonds. The first kappa shape index (κ1) is 19.7. The highest BCUT2D eigenvalue weighted by atomic mass is 32.2. The van der Waals surface area contributed by atoms with Crippen molar-refractivity contribution in [3.63, 3.8) is 0 Å². The van der Waals surface area contributed by atoms with Crippen molar-refractivity contribution in [3.05, 3.63) is 35.4 Å². The number of sulfonamides is 1. The Morgan fingerprint density at radius 3 is 2.35 bits per heavy atom. The van der Waals surface area contributed by atoms with Crippen molar-refractivity contribution in [1.29, 1.82) is 0 Å². The molecule has 0 aliphatic rings. The Morgan fingerprint density at radius 2 is 1.78 bits per heavy atom. The Balaban J connectivity index is 2.55. The second-order valence-corrected chi connectivity index (χ2v) is 8.33. The molecule has 1 atom stereocenters. The van der Waals surface area contributed by atoms with E-state index in [2.05, 4.69) is 16.6 Å². The number of hydrogen-bond donors (Lipinski definition) is 2. The first-order valence-corrected chi connectivity index (χ1v) is 9.69. The molecule has 4 nitrogen and oxygen atoms in total.